The summed E-state index contributed by atoms with van der Waals surface area (Å²) >= 11 is 0. The number of nitrogens with zero attached hydrogens (tertiary/aromatic N) is 2. The zero-order valence-corrected chi connectivity index (χ0v) is 18.4. The predicted octanol–water partition coefficient (Wildman–Crippen LogP) is 4.35. The topological polar surface area (TPSA) is 60.4 Å². The normalized spacial score (nSPS) is 26.8. The fraction of sp³-hybridized carbons (Fsp3) is 0.458. The number of halogens is 4. The maximum atomic E-state index is 14.6. The van der Waals surface area contributed by atoms with E-state index in [0.717, 1.165) is 6.54 Å². The van der Waals surface area contributed by atoms with Crippen molar-refractivity contribution < 1.29 is 22.7 Å². The highest BCUT2D eigenvalue weighted by molar-refractivity contribution is 6.00. The van der Waals surface area contributed by atoms with Crippen LogP contribution in [0, 0.1) is 0 Å². The van der Waals surface area contributed by atoms with Crippen LogP contribution in [0.2, 0.25) is 0 Å². The van der Waals surface area contributed by atoms with Gasteiger partial charge in [0, 0.05) is 35.6 Å². The minimum Gasteiger partial charge on any atom is -0.379 e. The number of rotatable bonds is 5. The fourth-order valence-corrected chi connectivity index (χ4v) is 4.41. The first-order valence-corrected chi connectivity index (χ1v) is 11.0. The average molecular weight is 465 g/mol. The minimum absolute atomic E-state index is 0.0911. The third kappa shape index (κ3) is 5.37. The Bertz CT molecular complexity index is 1050. The van der Waals surface area contributed by atoms with Gasteiger partial charge in [-0.25, -0.2) is 9.37 Å². The number of alkyl halides is 4. The van der Waals surface area contributed by atoms with Crippen LogP contribution in [-0.4, -0.2) is 65.8 Å². The molecule has 2 aromatic rings. The molecule has 4 atom stereocenters. The van der Waals surface area contributed by atoms with Crippen LogP contribution in [0.5, 0.6) is 0 Å². The third-order valence-corrected chi connectivity index (χ3v) is 6.26. The van der Waals surface area contributed by atoms with Gasteiger partial charge < -0.3 is 15.3 Å². The zero-order valence-electron chi connectivity index (χ0n) is 18.4. The Morgan fingerprint density at radius 3 is 2.73 bits per heavy atom. The van der Waals surface area contributed by atoms with E-state index < -0.39 is 30.2 Å². The van der Waals surface area contributed by atoms with Gasteiger partial charge in [-0.05, 0) is 44.5 Å². The van der Waals surface area contributed by atoms with Crippen LogP contribution in [0.1, 0.15) is 30.7 Å². The fourth-order valence-electron chi connectivity index (χ4n) is 4.41. The van der Waals surface area contributed by atoms with Gasteiger partial charge in [0.2, 0.25) is 0 Å². The number of aromatic nitrogens is 1. The number of piperidine rings is 1. The molecule has 0 saturated carbocycles. The van der Waals surface area contributed by atoms with Crippen LogP contribution >= 0.6 is 0 Å². The van der Waals surface area contributed by atoms with E-state index >= 15 is 0 Å². The van der Waals surface area contributed by atoms with Crippen LogP contribution in [0.15, 0.2) is 36.9 Å². The Morgan fingerprint density at radius 1 is 1.27 bits per heavy atom. The lowest BCUT2D eigenvalue weighted by Gasteiger charge is -2.33. The van der Waals surface area contributed by atoms with E-state index in [9.17, 15) is 22.7 Å². The molecule has 5 nitrogen and oxygen atoms in total. The van der Waals surface area contributed by atoms with Crippen LogP contribution in [0.4, 0.5) is 23.2 Å². The van der Waals surface area contributed by atoms with Crippen LogP contribution in [0.3, 0.4) is 0 Å². The lowest BCUT2D eigenvalue weighted by Crippen LogP contribution is -2.46. The summed E-state index contributed by atoms with van der Waals surface area (Å²) in [4.78, 5) is 6.17. The second kappa shape index (κ2) is 9.40. The summed E-state index contributed by atoms with van der Waals surface area (Å²) < 4.78 is 55.3. The summed E-state index contributed by atoms with van der Waals surface area (Å²) in [6.45, 7) is 4.29. The van der Waals surface area contributed by atoms with Gasteiger partial charge in [-0.15, -0.1) is 0 Å². The highest BCUT2D eigenvalue weighted by Gasteiger charge is 2.35. The van der Waals surface area contributed by atoms with E-state index in [4.69, 9.17) is 0 Å². The van der Waals surface area contributed by atoms with Crippen molar-refractivity contribution in [1.82, 2.24) is 15.2 Å². The average Bonchev–Trinajstić information content (AvgIpc) is 3.18. The number of likely N-dealkylation sites (tertiary alicyclic amines) is 1. The molecular formula is C24H28F4N4O. The first-order chi connectivity index (χ1) is 15.6. The lowest BCUT2D eigenvalue weighted by molar-refractivity contribution is -0.0688. The van der Waals surface area contributed by atoms with Gasteiger partial charge in [-0.3, -0.25) is 5.32 Å². The molecule has 33 heavy (non-hydrogen) atoms. The highest BCUT2D eigenvalue weighted by Crippen LogP contribution is 2.37. The van der Waals surface area contributed by atoms with Crippen LogP contribution < -0.4 is 10.6 Å². The smallest absolute Gasteiger partial charge is 0.379 e. The van der Waals surface area contributed by atoms with Crippen LogP contribution in [0.25, 0.3) is 22.4 Å². The Kier molecular flexibility index (Phi) is 6.74. The summed E-state index contributed by atoms with van der Waals surface area (Å²) in [5.74, 6) is 0. The molecule has 3 heterocycles. The molecule has 2 saturated heterocycles. The van der Waals surface area contributed by atoms with E-state index in [-0.39, 0.29) is 11.7 Å². The maximum absolute atomic E-state index is 14.6. The first kappa shape index (κ1) is 23.7. The molecule has 2 unspecified atom stereocenters. The van der Waals surface area contributed by atoms with Gasteiger partial charge in [0.1, 0.15) is 12.4 Å². The Labute approximate surface area is 190 Å². The van der Waals surface area contributed by atoms with Crippen molar-refractivity contribution in [2.24, 2.45) is 0 Å². The van der Waals surface area contributed by atoms with E-state index in [2.05, 4.69) is 22.2 Å². The van der Waals surface area contributed by atoms with Crippen molar-refractivity contribution >= 4 is 28.1 Å². The van der Waals surface area contributed by atoms with Gasteiger partial charge in [0.25, 0.3) is 0 Å². The number of allylic oxidation sites excluding steroid dienone is 1. The summed E-state index contributed by atoms with van der Waals surface area (Å²) in [6, 6.07) is 6.14. The molecule has 2 aliphatic rings. The van der Waals surface area contributed by atoms with Crippen molar-refractivity contribution in [3.8, 4) is 0 Å². The number of fused-ring (bicyclic) bond motifs is 1. The molecule has 9 heteroatoms. The predicted molar refractivity (Wildman–Crippen MR) is 122 cm³/mol. The van der Waals surface area contributed by atoms with Gasteiger partial charge in [-0.1, -0.05) is 24.8 Å². The molecule has 178 valence electrons. The molecule has 0 bridgehead atoms. The number of aliphatic hydroxyl groups excluding tert-OH is 1. The van der Waals surface area contributed by atoms with Gasteiger partial charge in [0.15, 0.2) is 0 Å². The Balaban J connectivity index is 1.74. The van der Waals surface area contributed by atoms with Crippen molar-refractivity contribution in [2.45, 2.75) is 49.9 Å². The molecule has 0 aliphatic carbocycles. The molecule has 1 aromatic heterocycles. The van der Waals surface area contributed by atoms with Gasteiger partial charge in [0.05, 0.1) is 23.0 Å². The number of pyridine rings is 1. The van der Waals surface area contributed by atoms with Crippen LogP contribution in [-0.2, 0) is 0 Å². The number of benzene rings is 1. The quantitative estimate of drug-likeness (QED) is 0.575. The molecule has 1 aromatic carbocycles. The molecule has 0 radical (unpaired) electrons. The standard InChI is InChI=1S/C24H28F4N4O/c1-14(24(26,27)28)23-17-4-3-5-20(31-21-10-11-32(2)13-19(21)25)18(17)12-16(30-23)7-6-15-8-9-22(33)29-15/h3-7,12,15,19,21-22,29,31,33H,1,8-11,13H2,2H3/b7-6+/t15?,19-,21+,22?/m0/s1. The molecule has 2 aliphatic heterocycles. The van der Waals surface area contributed by atoms with Gasteiger partial charge >= 0.3 is 6.18 Å². The van der Waals surface area contributed by atoms with Crippen molar-refractivity contribution in [2.75, 3.05) is 25.5 Å². The summed E-state index contributed by atoms with van der Waals surface area (Å²) in [5.41, 5.74) is -0.382. The van der Waals surface area contributed by atoms with Crippen molar-refractivity contribution in [3.63, 3.8) is 0 Å². The van der Waals surface area contributed by atoms with Gasteiger partial charge in [-0.2, -0.15) is 13.2 Å². The maximum Gasteiger partial charge on any atom is 0.417 e. The third-order valence-electron chi connectivity index (χ3n) is 6.26. The van der Waals surface area contributed by atoms with E-state index in [0.29, 0.717) is 48.0 Å². The number of hydrogen-bond donors (Lipinski definition) is 3. The summed E-state index contributed by atoms with van der Waals surface area (Å²) in [6.07, 6.45) is -0.986. The minimum atomic E-state index is -4.64. The molecule has 2 fully saturated rings. The largest absolute Gasteiger partial charge is 0.417 e. The molecule has 0 spiro atoms. The molecule has 4 rings (SSSR count). The second-order valence-corrected chi connectivity index (χ2v) is 8.82. The monoisotopic (exact) mass is 464 g/mol. The number of hydrogen-bond acceptors (Lipinski definition) is 5. The number of aliphatic hydroxyl groups is 1. The summed E-state index contributed by atoms with van der Waals surface area (Å²) in [5, 5.41) is 16.7. The first-order valence-electron chi connectivity index (χ1n) is 11.0. The Hall–Kier alpha value is -2.49. The molecule has 0 amide bonds. The highest BCUT2D eigenvalue weighted by atomic mass is 19.4. The summed E-state index contributed by atoms with van der Waals surface area (Å²) in [7, 11) is 1.86. The number of nitrogens with one attached hydrogen (secondary N) is 2. The van der Waals surface area contributed by atoms with Crippen molar-refractivity contribution in [3.05, 3.63) is 48.3 Å². The van der Waals surface area contributed by atoms with E-state index in [1.807, 2.05) is 11.9 Å². The number of anilines is 1. The molecule has 3 N–H and O–H groups in total. The molecular weight excluding hydrogens is 436 g/mol. The van der Waals surface area contributed by atoms with E-state index in [1.54, 1.807) is 36.4 Å². The Morgan fingerprint density at radius 2 is 2.06 bits per heavy atom. The zero-order chi connectivity index (χ0) is 23.8. The van der Waals surface area contributed by atoms with Crippen molar-refractivity contribution in [1.29, 1.82) is 0 Å². The SMILES string of the molecule is C=C(c1nc(/C=C/C2CCC(O)N2)cc2c(N[C@@H]3CCN(C)C[C@@H]3F)cccc12)C(F)(F)F. The second-order valence-electron chi connectivity index (χ2n) is 8.82. The lowest BCUT2D eigenvalue weighted by atomic mass is 9.99. The van der Waals surface area contributed by atoms with E-state index in [1.165, 1.54) is 0 Å².